The van der Waals surface area contributed by atoms with Gasteiger partial charge in [-0.05, 0) is 26.3 Å². The third kappa shape index (κ3) is 7.97. The van der Waals surface area contributed by atoms with E-state index >= 15 is 0 Å². The summed E-state index contributed by atoms with van der Waals surface area (Å²) in [6, 6.07) is 0.482. The van der Waals surface area contributed by atoms with Crippen molar-refractivity contribution in [3.63, 3.8) is 0 Å². The van der Waals surface area contributed by atoms with E-state index in [1.54, 1.807) is 0 Å². The average Bonchev–Trinajstić information content (AvgIpc) is 2.12. The SMILES string of the molecule is CCCCC(=O)CCC(C)NCC. The van der Waals surface area contributed by atoms with Gasteiger partial charge in [0.2, 0.25) is 0 Å². The topological polar surface area (TPSA) is 29.1 Å². The molecule has 0 saturated heterocycles. The average molecular weight is 185 g/mol. The molecule has 0 bridgehead atoms. The van der Waals surface area contributed by atoms with E-state index in [1.807, 2.05) is 0 Å². The van der Waals surface area contributed by atoms with Gasteiger partial charge in [-0.25, -0.2) is 0 Å². The van der Waals surface area contributed by atoms with Gasteiger partial charge in [-0.15, -0.1) is 0 Å². The van der Waals surface area contributed by atoms with E-state index in [0.29, 0.717) is 11.8 Å². The highest BCUT2D eigenvalue weighted by molar-refractivity contribution is 5.78. The molecule has 0 aliphatic heterocycles. The first-order chi connectivity index (χ1) is 6.20. The van der Waals surface area contributed by atoms with Crippen LogP contribution in [0.15, 0.2) is 0 Å². The molecule has 0 aliphatic carbocycles. The molecule has 0 fully saturated rings. The Morgan fingerprint density at radius 3 is 2.54 bits per heavy atom. The minimum Gasteiger partial charge on any atom is -0.315 e. The molecule has 1 atom stereocenters. The molecule has 78 valence electrons. The Bertz CT molecular complexity index is 134. The van der Waals surface area contributed by atoms with Gasteiger partial charge in [-0.3, -0.25) is 4.79 Å². The van der Waals surface area contributed by atoms with Crippen LogP contribution in [0.2, 0.25) is 0 Å². The molecular formula is C11H23NO. The zero-order chi connectivity index (χ0) is 10.1. The first-order valence-corrected chi connectivity index (χ1v) is 5.45. The van der Waals surface area contributed by atoms with Crippen molar-refractivity contribution in [2.45, 2.75) is 58.9 Å². The summed E-state index contributed by atoms with van der Waals surface area (Å²) in [5.41, 5.74) is 0. The minimum absolute atomic E-state index is 0.423. The molecule has 0 heterocycles. The molecule has 0 aliphatic rings. The lowest BCUT2D eigenvalue weighted by atomic mass is 10.1. The zero-order valence-corrected chi connectivity index (χ0v) is 9.23. The highest BCUT2D eigenvalue weighted by Crippen LogP contribution is 2.03. The van der Waals surface area contributed by atoms with Gasteiger partial charge >= 0.3 is 0 Å². The Balaban J connectivity index is 3.34. The lowest BCUT2D eigenvalue weighted by Crippen LogP contribution is -2.26. The van der Waals surface area contributed by atoms with Gasteiger partial charge < -0.3 is 5.32 Å². The van der Waals surface area contributed by atoms with Crippen molar-refractivity contribution in [1.29, 1.82) is 0 Å². The van der Waals surface area contributed by atoms with E-state index in [0.717, 1.165) is 38.6 Å². The second kappa shape index (κ2) is 8.24. The second-order valence-corrected chi connectivity index (χ2v) is 3.64. The van der Waals surface area contributed by atoms with Gasteiger partial charge in [0.25, 0.3) is 0 Å². The molecule has 0 radical (unpaired) electrons. The molecule has 0 aromatic rings. The number of Topliss-reactive ketones (excluding diaryl/α,β-unsaturated/α-hetero) is 1. The standard InChI is InChI=1S/C11H23NO/c1-4-6-7-11(13)9-8-10(3)12-5-2/h10,12H,4-9H2,1-3H3. The van der Waals surface area contributed by atoms with Crippen molar-refractivity contribution in [2.75, 3.05) is 6.54 Å². The maximum atomic E-state index is 11.3. The van der Waals surface area contributed by atoms with Crippen molar-refractivity contribution >= 4 is 5.78 Å². The van der Waals surface area contributed by atoms with Crippen molar-refractivity contribution in [2.24, 2.45) is 0 Å². The van der Waals surface area contributed by atoms with Crippen LogP contribution in [-0.2, 0) is 4.79 Å². The van der Waals surface area contributed by atoms with Crippen LogP contribution >= 0.6 is 0 Å². The minimum atomic E-state index is 0.423. The number of hydrogen-bond donors (Lipinski definition) is 1. The molecule has 0 saturated carbocycles. The van der Waals surface area contributed by atoms with Crippen molar-refractivity contribution in [3.05, 3.63) is 0 Å². The van der Waals surface area contributed by atoms with E-state index in [1.165, 1.54) is 0 Å². The number of unbranched alkanes of at least 4 members (excludes halogenated alkanes) is 1. The molecule has 0 aromatic carbocycles. The number of hydrogen-bond acceptors (Lipinski definition) is 2. The Hall–Kier alpha value is -0.370. The van der Waals surface area contributed by atoms with E-state index in [9.17, 15) is 4.79 Å². The monoisotopic (exact) mass is 185 g/mol. The number of rotatable bonds is 8. The largest absolute Gasteiger partial charge is 0.315 e. The normalized spacial score (nSPS) is 12.8. The van der Waals surface area contributed by atoms with E-state index in [4.69, 9.17) is 0 Å². The Kier molecular flexibility index (Phi) is 8.00. The number of carbonyl (C=O) groups excluding carboxylic acids is 1. The van der Waals surface area contributed by atoms with Crippen molar-refractivity contribution in [3.8, 4) is 0 Å². The fraction of sp³-hybridized carbons (Fsp3) is 0.909. The maximum Gasteiger partial charge on any atom is 0.132 e. The first kappa shape index (κ1) is 12.6. The lowest BCUT2D eigenvalue weighted by Gasteiger charge is -2.10. The summed E-state index contributed by atoms with van der Waals surface area (Å²) in [4.78, 5) is 11.3. The van der Waals surface area contributed by atoms with Gasteiger partial charge in [0.05, 0.1) is 0 Å². The summed E-state index contributed by atoms with van der Waals surface area (Å²) >= 11 is 0. The number of carbonyl (C=O) groups is 1. The predicted molar refractivity (Wildman–Crippen MR) is 56.9 cm³/mol. The number of ketones is 1. The van der Waals surface area contributed by atoms with E-state index < -0.39 is 0 Å². The molecule has 0 aromatic heterocycles. The Morgan fingerprint density at radius 2 is 2.00 bits per heavy atom. The highest BCUT2D eigenvalue weighted by Gasteiger charge is 2.04. The molecule has 0 spiro atoms. The van der Waals surface area contributed by atoms with Crippen molar-refractivity contribution in [1.82, 2.24) is 5.32 Å². The third-order valence-corrected chi connectivity index (χ3v) is 2.22. The van der Waals surface area contributed by atoms with Crippen LogP contribution in [0, 0.1) is 0 Å². The van der Waals surface area contributed by atoms with Crippen LogP contribution in [0.3, 0.4) is 0 Å². The summed E-state index contributed by atoms with van der Waals surface area (Å²) in [5, 5.41) is 3.30. The summed E-state index contributed by atoms with van der Waals surface area (Å²) < 4.78 is 0. The van der Waals surface area contributed by atoms with E-state index in [-0.39, 0.29) is 0 Å². The van der Waals surface area contributed by atoms with Gasteiger partial charge in [-0.1, -0.05) is 20.3 Å². The Morgan fingerprint density at radius 1 is 1.31 bits per heavy atom. The molecular weight excluding hydrogens is 162 g/mol. The third-order valence-electron chi connectivity index (χ3n) is 2.22. The molecule has 2 nitrogen and oxygen atoms in total. The zero-order valence-electron chi connectivity index (χ0n) is 9.23. The van der Waals surface area contributed by atoms with E-state index in [2.05, 4.69) is 26.1 Å². The molecule has 13 heavy (non-hydrogen) atoms. The maximum absolute atomic E-state index is 11.3. The van der Waals surface area contributed by atoms with Crippen LogP contribution in [-0.4, -0.2) is 18.4 Å². The van der Waals surface area contributed by atoms with Gasteiger partial charge in [0.1, 0.15) is 5.78 Å². The van der Waals surface area contributed by atoms with Crippen LogP contribution in [0.1, 0.15) is 52.9 Å². The fourth-order valence-electron chi connectivity index (χ4n) is 1.33. The molecule has 0 rings (SSSR count). The molecule has 2 heteroatoms. The second-order valence-electron chi connectivity index (χ2n) is 3.64. The fourth-order valence-corrected chi connectivity index (χ4v) is 1.33. The van der Waals surface area contributed by atoms with Gasteiger partial charge in [-0.2, -0.15) is 0 Å². The smallest absolute Gasteiger partial charge is 0.132 e. The summed E-state index contributed by atoms with van der Waals surface area (Å²) in [6.45, 7) is 7.34. The lowest BCUT2D eigenvalue weighted by molar-refractivity contribution is -0.119. The van der Waals surface area contributed by atoms with Gasteiger partial charge in [0, 0.05) is 18.9 Å². The first-order valence-electron chi connectivity index (χ1n) is 5.45. The quantitative estimate of drug-likeness (QED) is 0.629. The van der Waals surface area contributed by atoms with Crippen LogP contribution < -0.4 is 5.32 Å². The summed E-state index contributed by atoms with van der Waals surface area (Å²) in [7, 11) is 0. The predicted octanol–water partition coefficient (Wildman–Crippen LogP) is 2.52. The highest BCUT2D eigenvalue weighted by atomic mass is 16.1. The summed E-state index contributed by atoms with van der Waals surface area (Å²) in [5.74, 6) is 0.423. The summed E-state index contributed by atoms with van der Waals surface area (Å²) in [6.07, 6.45) is 4.67. The van der Waals surface area contributed by atoms with Crippen LogP contribution in [0.5, 0.6) is 0 Å². The number of nitrogens with one attached hydrogen (secondary N) is 1. The molecule has 1 unspecified atom stereocenters. The molecule has 1 N–H and O–H groups in total. The van der Waals surface area contributed by atoms with Gasteiger partial charge in [0.15, 0.2) is 0 Å². The molecule has 0 amide bonds. The van der Waals surface area contributed by atoms with Crippen LogP contribution in [0.4, 0.5) is 0 Å². The van der Waals surface area contributed by atoms with Crippen LogP contribution in [0.25, 0.3) is 0 Å². The Labute approximate surface area is 82.1 Å². The van der Waals surface area contributed by atoms with Crippen molar-refractivity contribution < 1.29 is 4.79 Å².